The van der Waals surface area contributed by atoms with Crippen molar-refractivity contribution in [2.45, 2.75) is 24.2 Å². The zero-order valence-corrected chi connectivity index (χ0v) is 16.5. The highest BCUT2D eigenvalue weighted by Gasteiger charge is 2.27. The minimum Gasteiger partial charge on any atom is -0.495 e. The monoisotopic (exact) mass is 399 g/mol. The number of piperidine rings is 1. The van der Waals surface area contributed by atoms with Crippen LogP contribution in [0.4, 0.5) is 5.69 Å². The predicted molar refractivity (Wildman–Crippen MR) is 100.0 cm³/mol. The third kappa shape index (κ3) is 5.65. The molecule has 4 N–H and O–H groups in total. The van der Waals surface area contributed by atoms with Crippen LogP contribution in [-0.4, -0.2) is 64.9 Å². The number of benzene rings is 1. The van der Waals surface area contributed by atoms with E-state index in [4.69, 9.17) is 4.74 Å². The fourth-order valence-corrected chi connectivity index (χ4v) is 4.38. The molecule has 0 spiro atoms. The number of quaternary nitrogens is 1. The molecule has 0 saturated carbocycles. The second-order valence-electron chi connectivity index (χ2n) is 6.25. The number of anilines is 1. The summed E-state index contributed by atoms with van der Waals surface area (Å²) in [5.41, 5.74) is 0.286. The van der Waals surface area contributed by atoms with Gasteiger partial charge < -0.3 is 20.7 Å². The summed E-state index contributed by atoms with van der Waals surface area (Å²) in [6.07, 6.45) is 2.72. The van der Waals surface area contributed by atoms with Crippen molar-refractivity contribution < 1.29 is 28.1 Å². The van der Waals surface area contributed by atoms with E-state index in [0.717, 1.165) is 19.3 Å². The molecule has 0 aromatic heterocycles. The van der Waals surface area contributed by atoms with Gasteiger partial charge in [-0.1, -0.05) is 6.42 Å². The number of nitrogens with zero attached hydrogens (tertiary/aromatic N) is 1. The fraction of sp³-hybridized carbons (Fsp3) is 0.529. The number of rotatable bonds is 8. The average molecular weight is 399 g/mol. The third-order valence-electron chi connectivity index (χ3n) is 4.34. The van der Waals surface area contributed by atoms with Crippen molar-refractivity contribution in [2.24, 2.45) is 0 Å². The van der Waals surface area contributed by atoms with Gasteiger partial charge in [-0.25, -0.2) is 8.42 Å². The van der Waals surface area contributed by atoms with Crippen LogP contribution < -0.4 is 20.7 Å². The Bertz CT molecular complexity index is 776. The first kappa shape index (κ1) is 21.1. The van der Waals surface area contributed by atoms with Gasteiger partial charge in [-0.3, -0.25) is 9.59 Å². The average Bonchev–Trinajstić information content (AvgIpc) is 2.68. The number of methoxy groups -OCH3 is 1. The second kappa shape index (κ2) is 9.67. The van der Waals surface area contributed by atoms with Gasteiger partial charge in [0.25, 0.3) is 11.8 Å². The Kier molecular flexibility index (Phi) is 7.57. The lowest BCUT2D eigenvalue weighted by Gasteiger charge is -2.26. The molecule has 0 radical (unpaired) electrons. The molecule has 9 nitrogen and oxygen atoms in total. The van der Waals surface area contributed by atoms with Crippen LogP contribution in [0.3, 0.4) is 0 Å². The summed E-state index contributed by atoms with van der Waals surface area (Å²) in [4.78, 5) is 23.4. The Morgan fingerprint density at radius 2 is 1.81 bits per heavy atom. The minimum atomic E-state index is -3.61. The van der Waals surface area contributed by atoms with Gasteiger partial charge in [0.1, 0.15) is 5.75 Å². The first-order chi connectivity index (χ1) is 12.9. The van der Waals surface area contributed by atoms with E-state index < -0.39 is 10.0 Å². The van der Waals surface area contributed by atoms with Gasteiger partial charge in [0, 0.05) is 20.1 Å². The number of hydrogen-bond acceptors (Lipinski definition) is 5. The molecule has 150 valence electrons. The highest BCUT2D eigenvalue weighted by Crippen LogP contribution is 2.29. The topological polar surface area (TPSA) is 121 Å². The van der Waals surface area contributed by atoms with Crippen molar-refractivity contribution >= 4 is 27.5 Å². The van der Waals surface area contributed by atoms with Crippen molar-refractivity contribution in [3.8, 4) is 5.75 Å². The Hall–Kier alpha value is -2.17. The zero-order chi connectivity index (χ0) is 19.9. The summed E-state index contributed by atoms with van der Waals surface area (Å²) in [6.45, 7) is 1.17. The van der Waals surface area contributed by atoms with Crippen LogP contribution in [0.25, 0.3) is 0 Å². The van der Waals surface area contributed by atoms with Crippen molar-refractivity contribution in [2.75, 3.05) is 45.7 Å². The molecular weight excluding hydrogens is 372 g/mol. The fourth-order valence-electron chi connectivity index (χ4n) is 2.84. The number of nitrogens with one attached hydrogen (secondary N) is 2. The Morgan fingerprint density at radius 1 is 1.15 bits per heavy atom. The molecule has 2 rings (SSSR count). The number of sulfonamides is 1. The van der Waals surface area contributed by atoms with Crippen molar-refractivity contribution in [3.63, 3.8) is 0 Å². The maximum absolute atomic E-state index is 12.8. The van der Waals surface area contributed by atoms with Gasteiger partial charge in [-0.05, 0) is 31.0 Å². The van der Waals surface area contributed by atoms with E-state index in [1.54, 1.807) is 5.32 Å². The van der Waals surface area contributed by atoms with Crippen LogP contribution >= 0.6 is 0 Å². The molecule has 2 amide bonds. The molecule has 1 aliphatic rings. The smallest absolute Gasteiger partial charge is 0.279 e. The predicted octanol–water partition coefficient (Wildman–Crippen LogP) is -0.882. The van der Waals surface area contributed by atoms with Crippen LogP contribution in [0, 0.1) is 0 Å². The van der Waals surface area contributed by atoms with Gasteiger partial charge in [0.05, 0.1) is 17.7 Å². The number of likely N-dealkylation sites (N-methyl/N-ethyl adjacent to an activating group) is 1. The van der Waals surface area contributed by atoms with E-state index >= 15 is 0 Å². The van der Waals surface area contributed by atoms with Gasteiger partial charge in [0.15, 0.2) is 13.1 Å². The maximum Gasteiger partial charge on any atom is 0.279 e. The normalized spacial score (nSPS) is 15.2. The van der Waals surface area contributed by atoms with Crippen molar-refractivity contribution in [1.29, 1.82) is 0 Å². The number of carbonyl (C=O) groups excluding carboxylic acids is 2. The van der Waals surface area contributed by atoms with Gasteiger partial charge in [-0.2, -0.15) is 4.31 Å². The van der Waals surface area contributed by atoms with Gasteiger partial charge in [0.2, 0.25) is 10.0 Å². The van der Waals surface area contributed by atoms with E-state index in [9.17, 15) is 18.0 Å². The van der Waals surface area contributed by atoms with Crippen LogP contribution in [0.2, 0.25) is 0 Å². The van der Waals surface area contributed by atoms with Crippen LogP contribution in [0.5, 0.6) is 5.75 Å². The standard InChI is InChI=1S/C17H26N4O5S/c1-18-16(22)11-19-12-17(23)20-14-10-13(6-7-15(14)26-2)27(24,25)21-8-4-3-5-9-21/h6-7,10,19H,3-5,8-9,11-12H2,1-2H3,(H,18,22)(H,20,23)/p+1. The number of carbonyl (C=O) groups is 2. The minimum absolute atomic E-state index is 0.0275. The van der Waals surface area contributed by atoms with Crippen LogP contribution in [-0.2, 0) is 19.6 Å². The quantitative estimate of drug-likeness (QED) is 0.524. The van der Waals surface area contributed by atoms with E-state index in [2.05, 4.69) is 10.6 Å². The maximum atomic E-state index is 12.8. The number of nitrogens with two attached hydrogens (primary N) is 1. The van der Waals surface area contributed by atoms with E-state index in [0.29, 0.717) is 18.8 Å². The van der Waals surface area contributed by atoms with Crippen LogP contribution in [0.15, 0.2) is 23.1 Å². The van der Waals surface area contributed by atoms with E-state index in [-0.39, 0.29) is 35.5 Å². The molecule has 1 saturated heterocycles. The summed E-state index contributed by atoms with van der Waals surface area (Å²) in [5, 5.41) is 6.68. The Morgan fingerprint density at radius 3 is 2.44 bits per heavy atom. The van der Waals surface area contributed by atoms with E-state index in [1.165, 1.54) is 36.7 Å². The zero-order valence-electron chi connectivity index (χ0n) is 15.7. The first-order valence-corrected chi connectivity index (χ1v) is 10.3. The molecule has 1 aliphatic heterocycles. The van der Waals surface area contributed by atoms with Crippen molar-refractivity contribution in [1.82, 2.24) is 9.62 Å². The molecular formula is C17H27N4O5S+. The van der Waals surface area contributed by atoms with Crippen LogP contribution in [0.1, 0.15) is 19.3 Å². The molecule has 1 heterocycles. The lowest BCUT2D eigenvalue weighted by atomic mass is 10.2. The SMILES string of the molecule is CNC(=O)C[NH2+]CC(=O)Nc1cc(S(=O)(=O)N2CCCCC2)ccc1OC. The van der Waals surface area contributed by atoms with Crippen molar-refractivity contribution in [3.05, 3.63) is 18.2 Å². The molecule has 10 heteroatoms. The molecule has 27 heavy (non-hydrogen) atoms. The lowest BCUT2D eigenvalue weighted by Crippen LogP contribution is -2.88. The first-order valence-electron chi connectivity index (χ1n) is 8.88. The molecule has 1 fully saturated rings. The molecule has 0 aliphatic carbocycles. The third-order valence-corrected chi connectivity index (χ3v) is 6.23. The Labute approximate surface area is 159 Å². The number of ether oxygens (including phenoxy) is 1. The number of hydrogen-bond donors (Lipinski definition) is 3. The Balaban J connectivity index is 2.12. The molecule has 1 aromatic carbocycles. The summed E-state index contributed by atoms with van der Waals surface area (Å²) < 4.78 is 32.3. The highest BCUT2D eigenvalue weighted by atomic mass is 32.2. The molecule has 1 aromatic rings. The second-order valence-corrected chi connectivity index (χ2v) is 8.18. The molecule has 0 bridgehead atoms. The summed E-state index contributed by atoms with van der Waals surface area (Å²) in [5.74, 6) is -0.174. The van der Waals surface area contributed by atoms with Gasteiger partial charge in [-0.15, -0.1) is 0 Å². The summed E-state index contributed by atoms with van der Waals surface area (Å²) in [7, 11) is -0.642. The molecule has 0 atom stereocenters. The summed E-state index contributed by atoms with van der Waals surface area (Å²) in [6, 6.07) is 4.43. The van der Waals surface area contributed by atoms with Gasteiger partial charge >= 0.3 is 0 Å². The summed E-state index contributed by atoms with van der Waals surface area (Å²) >= 11 is 0. The van der Waals surface area contributed by atoms with E-state index in [1.807, 2.05) is 0 Å². The highest BCUT2D eigenvalue weighted by molar-refractivity contribution is 7.89. The largest absolute Gasteiger partial charge is 0.495 e. The lowest BCUT2D eigenvalue weighted by molar-refractivity contribution is -0.632. The molecule has 0 unspecified atom stereocenters. The number of amides is 2.